The molecule has 0 atom stereocenters. The molecule has 22 heavy (non-hydrogen) atoms. The average molecular weight is 292 g/mol. The van der Waals surface area contributed by atoms with Crippen molar-refractivity contribution in [2.75, 3.05) is 5.73 Å². The molecule has 3 N–H and O–H groups in total. The van der Waals surface area contributed by atoms with Crippen molar-refractivity contribution in [3.05, 3.63) is 48.2 Å². The normalized spacial score (nSPS) is 15.4. The van der Waals surface area contributed by atoms with Crippen LogP contribution in [0.15, 0.2) is 42.6 Å². The number of carbonyl (C=O) groups is 1. The van der Waals surface area contributed by atoms with Gasteiger partial charge >= 0.3 is 0 Å². The summed E-state index contributed by atoms with van der Waals surface area (Å²) in [7, 11) is 0. The van der Waals surface area contributed by atoms with Crippen molar-refractivity contribution < 1.29 is 4.79 Å². The Hall–Kier alpha value is -2.87. The van der Waals surface area contributed by atoms with Gasteiger partial charge in [-0.3, -0.25) is 9.78 Å². The standard InChI is InChI=1S/C17H16N4O/c18-11-17(8-4-9-17)21-16(22)13-7-10-20-15(14(13)19)12-5-2-1-3-6-12/h1-3,5-7,10H,4,8-9,19H2,(H,21,22). The summed E-state index contributed by atoms with van der Waals surface area (Å²) in [5, 5.41) is 12.0. The summed E-state index contributed by atoms with van der Waals surface area (Å²) in [6.45, 7) is 0. The SMILES string of the molecule is N#CC1(NC(=O)c2ccnc(-c3ccccc3)c2N)CCC1. The van der Waals surface area contributed by atoms with Crippen molar-refractivity contribution in [1.82, 2.24) is 10.3 Å². The molecule has 0 unspecified atom stereocenters. The minimum absolute atomic E-state index is 0.321. The first-order chi connectivity index (χ1) is 10.7. The largest absolute Gasteiger partial charge is 0.396 e. The monoisotopic (exact) mass is 292 g/mol. The van der Waals surface area contributed by atoms with Crippen molar-refractivity contribution in [2.45, 2.75) is 24.8 Å². The van der Waals surface area contributed by atoms with Crippen molar-refractivity contribution in [3.63, 3.8) is 0 Å². The predicted octanol–water partition coefficient (Wildman–Crippen LogP) is 2.51. The van der Waals surface area contributed by atoms with Gasteiger partial charge in [-0.15, -0.1) is 0 Å². The number of hydrogen-bond acceptors (Lipinski definition) is 4. The molecule has 0 saturated heterocycles. The van der Waals surface area contributed by atoms with Crippen LogP contribution in [0.3, 0.4) is 0 Å². The van der Waals surface area contributed by atoms with Gasteiger partial charge in [-0.2, -0.15) is 5.26 Å². The Labute approximate surface area is 128 Å². The van der Waals surface area contributed by atoms with Crippen molar-refractivity contribution in [3.8, 4) is 17.3 Å². The van der Waals surface area contributed by atoms with Gasteiger partial charge in [-0.05, 0) is 25.3 Å². The van der Waals surface area contributed by atoms with Crippen LogP contribution in [0.25, 0.3) is 11.3 Å². The molecule has 0 radical (unpaired) electrons. The fraction of sp³-hybridized carbons (Fsp3) is 0.235. The maximum absolute atomic E-state index is 12.4. The van der Waals surface area contributed by atoms with E-state index in [9.17, 15) is 10.1 Å². The molecule has 0 spiro atoms. The van der Waals surface area contributed by atoms with Crippen LogP contribution in [-0.4, -0.2) is 16.4 Å². The lowest BCUT2D eigenvalue weighted by molar-refractivity contribution is 0.0882. The van der Waals surface area contributed by atoms with Gasteiger partial charge in [-0.25, -0.2) is 0 Å². The summed E-state index contributed by atoms with van der Waals surface area (Å²) in [4.78, 5) is 16.7. The van der Waals surface area contributed by atoms with Crippen LogP contribution in [0, 0.1) is 11.3 Å². The molecule has 1 heterocycles. The number of nitriles is 1. The number of nitrogens with zero attached hydrogens (tertiary/aromatic N) is 2. The molecular formula is C17H16N4O. The number of benzene rings is 1. The van der Waals surface area contributed by atoms with Gasteiger partial charge in [0.15, 0.2) is 0 Å². The second-order valence-corrected chi connectivity index (χ2v) is 5.49. The van der Waals surface area contributed by atoms with E-state index in [0.717, 1.165) is 12.0 Å². The smallest absolute Gasteiger partial charge is 0.254 e. The zero-order chi connectivity index (χ0) is 15.6. The lowest BCUT2D eigenvalue weighted by Crippen LogP contribution is -2.52. The highest BCUT2D eigenvalue weighted by Crippen LogP contribution is 2.32. The second kappa shape index (κ2) is 5.49. The number of nitrogens with two attached hydrogens (primary N) is 1. The third-order valence-electron chi connectivity index (χ3n) is 4.06. The Kier molecular flexibility index (Phi) is 3.51. The van der Waals surface area contributed by atoms with Gasteiger partial charge in [0.25, 0.3) is 5.91 Å². The van der Waals surface area contributed by atoms with E-state index in [0.29, 0.717) is 29.8 Å². The Morgan fingerprint density at radius 3 is 2.59 bits per heavy atom. The number of nitrogens with one attached hydrogen (secondary N) is 1. The van der Waals surface area contributed by atoms with Crippen LogP contribution in [0.4, 0.5) is 5.69 Å². The van der Waals surface area contributed by atoms with Crippen molar-refractivity contribution in [2.24, 2.45) is 0 Å². The molecule has 3 rings (SSSR count). The van der Waals surface area contributed by atoms with Crippen LogP contribution in [0.1, 0.15) is 29.6 Å². The number of pyridine rings is 1. The van der Waals surface area contributed by atoms with Crippen LogP contribution in [0.5, 0.6) is 0 Å². The summed E-state index contributed by atoms with van der Waals surface area (Å²) < 4.78 is 0. The molecule has 1 aliphatic rings. The Morgan fingerprint density at radius 1 is 1.27 bits per heavy atom. The van der Waals surface area contributed by atoms with Crippen molar-refractivity contribution in [1.29, 1.82) is 5.26 Å². The number of rotatable bonds is 3. The zero-order valence-electron chi connectivity index (χ0n) is 12.0. The minimum Gasteiger partial charge on any atom is -0.396 e. The molecule has 1 fully saturated rings. The Morgan fingerprint density at radius 2 is 2.00 bits per heavy atom. The lowest BCUT2D eigenvalue weighted by atomic mass is 9.78. The van der Waals surface area contributed by atoms with E-state index in [1.54, 1.807) is 12.3 Å². The zero-order valence-corrected chi connectivity index (χ0v) is 12.0. The second-order valence-electron chi connectivity index (χ2n) is 5.49. The van der Waals surface area contributed by atoms with Crippen LogP contribution in [0.2, 0.25) is 0 Å². The molecule has 1 amide bonds. The Bertz CT molecular complexity index is 745. The molecule has 5 heteroatoms. The number of aromatic nitrogens is 1. The number of anilines is 1. The summed E-state index contributed by atoms with van der Waals surface area (Å²) in [6.07, 6.45) is 3.89. The molecule has 1 aliphatic carbocycles. The molecular weight excluding hydrogens is 276 g/mol. The minimum atomic E-state index is -0.736. The number of amides is 1. The van der Waals surface area contributed by atoms with Crippen LogP contribution in [-0.2, 0) is 0 Å². The van der Waals surface area contributed by atoms with E-state index in [2.05, 4.69) is 16.4 Å². The summed E-state index contributed by atoms with van der Waals surface area (Å²) in [6, 6.07) is 13.2. The predicted molar refractivity (Wildman–Crippen MR) is 83.7 cm³/mol. The van der Waals surface area contributed by atoms with Gasteiger partial charge in [0.2, 0.25) is 0 Å². The first-order valence-corrected chi connectivity index (χ1v) is 7.19. The summed E-state index contributed by atoms with van der Waals surface area (Å²) >= 11 is 0. The van der Waals surface area contributed by atoms with Crippen LogP contribution < -0.4 is 11.1 Å². The van der Waals surface area contributed by atoms with E-state index in [4.69, 9.17) is 5.73 Å². The topological polar surface area (TPSA) is 91.8 Å². The quantitative estimate of drug-likeness (QED) is 0.909. The van der Waals surface area contributed by atoms with Gasteiger partial charge in [0, 0.05) is 11.8 Å². The summed E-state index contributed by atoms with van der Waals surface area (Å²) in [5.41, 5.74) is 7.51. The van der Waals surface area contributed by atoms with E-state index in [-0.39, 0.29) is 5.91 Å². The first-order valence-electron chi connectivity index (χ1n) is 7.19. The summed E-state index contributed by atoms with van der Waals surface area (Å²) in [5.74, 6) is -0.321. The van der Waals surface area contributed by atoms with Crippen LogP contribution >= 0.6 is 0 Å². The molecule has 1 aromatic carbocycles. The lowest BCUT2D eigenvalue weighted by Gasteiger charge is -2.35. The molecule has 0 aliphatic heterocycles. The van der Waals surface area contributed by atoms with E-state index in [1.165, 1.54) is 0 Å². The third kappa shape index (κ3) is 2.40. The fourth-order valence-electron chi connectivity index (χ4n) is 2.58. The molecule has 2 aromatic rings. The Balaban J connectivity index is 1.92. The van der Waals surface area contributed by atoms with Crippen molar-refractivity contribution >= 4 is 11.6 Å². The molecule has 0 bridgehead atoms. The highest BCUT2D eigenvalue weighted by molar-refractivity contribution is 6.02. The fourth-order valence-corrected chi connectivity index (χ4v) is 2.58. The van der Waals surface area contributed by atoms with Gasteiger partial charge in [0.1, 0.15) is 5.54 Å². The average Bonchev–Trinajstić information content (AvgIpc) is 2.52. The van der Waals surface area contributed by atoms with E-state index < -0.39 is 5.54 Å². The third-order valence-corrected chi connectivity index (χ3v) is 4.06. The van der Waals surface area contributed by atoms with E-state index >= 15 is 0 Å². The highest BCUT2D eigenvalue weighted by atomic mass is 16.1. The maximum atomic E-state index is 12.4. The molecule has 1 aromatic heterocycles. The molecule has 5 nitrogen and oxygen atoms in total. The first kappa shape index (κ1) is 14.1. The highest BCUT2D eigenvalue weighted by Gasteiger charge is 2.39. The molecule has 110 valence electrons. The maximum Gasteiger partial charge on any atom is 0.254 e. The number of nitrogen functional groups attached to an aromatic ring is 1. The van der Waals surface area contributed by atoms with E-state index in [1.807, 2.05) is 30.3 Å². The number of hydrogen-bond donors (Lipinski definition) is 2. The number of carbonyl (C=O) groups excluding carboxylic acids is 1. The van der Waals surface area contributed by atoms with Gasteiger partial charge < -0.3 is 11.1 Å². The van der Waals surface area contributed by atoms with Gasteiger partial charge in [-0.1, -0.05) is 30.3 Å². The molecule has 1 saturated carbocycles. The van der Waals surface area contributed by atoms with Gasteiger partial charge in [0.05, 0.1) is 23.0 Å².